The van der Waals surface area contributed by atoms with E-state index >= 15 is 0 Å². The first-order chi connectivity index (χ1) is 14.6. The highest BCUT2D eigenvalue weighted by atomic mass is 16.2. The molecule has 1 fully saturated rings. The minimum atomic E-state index is -0.112. The number of piperazine rings is 1. The topological polar surface area (TPSA) is 55.9 Å². The zero-order chi connectivity index (χ0) is 21.3. The zero-order valence-corrected chi connectivity index (χ0v) is 18.0. The van der Waals surface area contributed by atoms with E-state index in [4.69, 9.17) is 0 Å². The molecule has 6 nitrogen and oxygen atoms in total. The molecule has 0 aliphatic carbocycles. The van der Waals surface area contributed by atoms with Crippen molar-refractivity contribution in [2.75, 3.05) is 52.9 Å². The lowest BCUT2D eigenvalue weighted by Crippen LogP contribution is -2.51. The maximum Gasteiger partial charge on any atom is 0.237 e. The largest absolute Gasteiger partial charge is 0.355 e. The van der Waals surface area contributed by atoms with Gasteiger partial charge in [0.1, 0.15) is 0 Å². The predicted octanol–water partition coefficient (Wildman–Crippen LogP) is 1.99. The van der Waals surface area contributed by atoms with Crippen molar-refractivity contribution in [3.63, 3.8) is 0 Å². The van der Waals surface area contributed by atoms with Crippen LogP contribution in [0.25, 0.3) is 0 Å². The van der Waals surface area contributed by atoms with E-state index in [1.807, 2.05) is 55.3 Å². The molecule has 0 bridgehead atoms. The molecule has 1 aliphatic rings. The predicted molar refractivity (Wildman–Crippen MR) is 119 cm³/mol. The molecule has 1 N–H and O–H groups in total. The third kappa shape index (κ3) is 5.90. The van der Waals surface area contributed by atoms with Crippen LogP contribution in [0.4, 0.5) is 0 Å². The molecule has 1 aliphatic heterocycles. The molecule has 1 heterocycles. The number of likely N-dealkylation sites (N-methyl/N-ethyl adjacent to an activating group) is 2. The van der Waals surface area contributed by atoms with Crippen LogP contribution in [-0.2, 0) is 9.59 Å². The molecular weight excluding hydrogens is 376 g/mol. The van der Waals surface area contributed by atoms with Gasteiger partial charge < -0.3 is 10.2 Å². The Kier molecular flexibility index (Phi) is 7.99. The lowest BCUT2D eigenvalue weighted by atomic mass is 9.97. The first kappa shape index (κ1) is 22.0. The van der Waals surface area contributed by atoms with Crippen molar-refractivity contribution in [2.45, 2.75) is 13.0 Å². The summed E-state index contributed by atoms with van der Waals surface area (Å²) in [5.74, 6) is 0.167. The van der Waals surface area contributed by atoms with Crippen LogP contribution in [0, 0.1) is 0 Å². The van der Waals surface area contributed by atoms with E-state index in [0.29, 0.717) is 19.6 Å². The zero-order valence-electron chi connectivity index (χ0n) is 18.0. The summed E-state index contributed by atoms with van der Waals surface area (Å²) in [6.07, 6.45) is 0. The molecule has 30 heavy (non-hydrogen) atoms. The van der Waals surface area contributed by atoms with Crippen molar-refractivity contribution in [2.24, 2.45) is 0 Å². The highest BCUT2D eigenvalue weighted by molar-refractivity contribution is 5.79. The lowest BCUT2D eigenvalue weighted by Gasteiger charge is -2.36. The van der Waals surface area contributed by atoms with E-state index in [2.05, 4.69) is 39.4 Å². The molecule has 0 radical (unpaired) electrons. The lowest BCUT2D eigenvalue weighted by molar-refractivity contribution is -0.133. The Bertz CT molecular complexity index is 765. The van der Waals surface area contributed by atoms with Gasteiger partial charge in [-0.1, -0.05) is 60.7 Å². The number of carbonyl (C=O) groups is 2. The van der Waals surface area contributed by atoms with E-state index < -0.39 is 0 Å². The number of nitrogens with zero attached hydrogens (tertiary/aromatic N) is 3. The van der Waals surface area contributed by atoms with Gasteiger partial charge in [0.25, 0.3) is 0 Å². The normalized spacial score (nSPS) is 15.2. The summed E-state index contributed by atoms with van der Waals surface area (Å²) >= 11 is 0. The van der Waals surface area contributed by atoms with Crippen LogP contribution >= 0.6 is 0 Å². The SMILES string of the molecule is CCNC(=O)CN1CCN(CC(=O)N(C)C(c2ccccc2)c2ccccc2)CC1. The van der Waals surface area contributed by atoms with Gasteiger partial charge in [-0.2, -0.15) is 0 Å². The van der Waals surface area contributed by atoms with Crippen LogP contribution in [0.1, 0.15) is 24.1 Å². The number of benzene rings is 2. The quantitative estimate of drug-likeness (QED) is 0.726. The molecule has 2 aromatic rings. The Morgan fingerprint density at radius 3 is 1.80 bits per heavy atom. The maximum absolute atomic E-state index is 13.2. The fourth-order valence-electron chi connectivity index (χ4n) is 3.92. The number of carbonyl (C=O) groups excluding carboxylic acids is 2. The van der Waals surface area contributed by atoms with Crippen LogP contribution in [0.15, 0.2) is 60.7 Å². The number of hydrogen-bond donors (Lipinski definition) is 1. The molecule has 0 unspecified atom stereocenters. The summed E-state index contributed by atoms with van der Waals surface area (Å²) in [5, 5.41) is 2.84. The van der Waals surface area contributed by atoms with Gasteiger partial charge in [-0.15, -0.1) is 0 Å². The minimum absolute atomic E-state index is 0.0651. The molecule has 2 aromatic carbocycles. The van der Waals surface area contributed by atoms with Crippen LogP contribution in [0.5, 0.6) is 0 Å². The number of hydrogen-bond acceptors (Lipinski definition) is 4. The van der Waals surface area contributed by atoms with E-state index in [1.54, 1.807) is 0 Å². The van der Waals surface area contributed by atoms with Gasteiger partial charge in [-0.05, 0) is 18.1 Å². The Hall–Kier alpha value is -2.70. The van der Waals surface area contributed by atoms with E-state index in [-0.39, 0.29) is 17.9 Å². The van der Waals surface area contributed by atoms with Crippen LogP contribution in [0.3, 0.4) is 0 Å². The minimum Gasteiger partial charge on any atom is -0.355 e. The summed E-state index contributed by atoms with van der Waals surface area (Å²) in [6, 6.07) is 20.2. The molecule has 0 atom stereocenters. The number of amides is 2. The van der Waals surface area contributed by atoms with Crippen molar-refractivity contribution < 1.29 is 9.59 Å². The molecule has 0 aromatic heterocycles. The summed E-state index contributed by atoms with van der Waals surface area (Å²) in [7, 11) is 1.89. The first-order valence-corrected chi connectivity index (χ1v) is 10.7. The van der Waals surface area contributed by atoms with Crippen molar-refractivity contribution in [3.8, 4) is 0 Å². The monoisotopic (exact) mass is 408 g/mol. The maximum atomic E-state index is 13.2. The Labute approximate surface area is 179 Å². The summed E-state index contributed by atoms with van der Waals surface area (Å²) in [6.45, 7) is 6.59. The summed E-state index contributed by atoms with van der Waals surface area (Å²) in [5.41, 5.74) is 2.21. The van der Waals surface area contributed by atoms with Crippen molar-refractivity contribution >= 4 is 11.8 Å². The second kappa shape index (κ2) is 10.9. The van der Waals surface area contributed by atoms with Crippen molar-refractivity contribution in [1.29, 1.82) is 0 Å². The van der Waals surface area contributed by atoms with E-state index in [1.165, 1.54) is 0 Å². The highest BCUT2D eigenvalue weighted by Gasteiger charge is 2.26. The molecular formula is C24H32N4O2. The molecule has 160 valence electrons. The number of rotatable bonds is 8. The molecule has 0 spiro atoms. The first-order valence-electron chi connectivity index (χ1n) is 10.7. The Morgan fingerprint density at radius 1 is 0.867 bits per heavy atom. The fourth-order valence-corrected chi connectivity index (χ4v) is 3.92. The van der Waals surface area contributed by atoms with E-state index in [0.717, 1.165) is 37.3 Å². The van der Waals surface area contributed by atoms with E-state index in [9.17, 15) is 9.59 Å². The Balaban J connectivity index is 1.61. The average molecular weight is 409 g/mol. The molecule has 3 rings (SSSR count). The molecule has 2 amide bonds. The number of nitrogens with one attached hydrogen (secondary N) is 1. The van der Waals surface area contributed by atoms with Gasteiger partial charge >= 0.3 is 0 Å². The highest BCUT2D eigenvalue weighted by Crippen LogP contribution is 2.27. The van der Waals surface area contributed by atoms with Gasteiger partial charge in [0, 0.05) is 39.8 Å². The molecule has 1 saturated heterocycles. The van der Waals surface area contributed by atoms with Gasteiger partial charge in [0.2, 0.25) is 11.8 Å². The van der Waals surface area contributed by atoms with Crippen LogP contribution < -0.4 is 5.32 Å². The average Bonchev–Trinajstić information content (AvgIpc) is 2.77. The summed E-state index contributed by atoms with van der Waals surface area (Å²) < 4.78 is 0. The van der Waals surface area contributed by atoms with Crippen molar-refractivity contribution in [1.82, 2.24) is 20.0 Å². The third-order valence-corrected chi connectivity index (χ3v) is 5.58. The Morgan fingerprint density at radius 2 is 1.33 bits per heavy atom. The second-order valence-corrected chi connectivity index (χ2v) is 7.73. The second-order valence-electron chi connectivity index (χ2n) is 7.73. The van der Waals surface area contributed by atoms with Gasteiger partial charge in [-0.3, -0.25) is 19.4 Å². The standard InChI is InChI=1S/C24H32N4O2/c1-3-25-22(29)18-27-14-16-28(17-15-27)19-23(30)26(2)24(20-10-6-4-7-11-20)21-12-8-5-9-13-21/h4-13,24H,3,14-19H2,1-2H3,(H,25,29). The molecule has 6 heteroatoms. The third-order valence-electron chi connectivity index (χ3n) is 5.58. The van der Waals surface area contributed by atoms with Gasteiger partial charge in [0.05, 0.1) is 19.1 Å². The summed E-state index contributed by atoms with van der Waals surface area (Å²) in [4.78, 5) is 31.1. The van der Waals surface area contributed by atoms with Gasteiger partial charge in [0.15, 0.2) is 0 Å². The smallest absolute Gasteiger partial charge is 0.237 e. The fraction of sp³-hybridized carbons (Fsp3) is 0.417. The molecule has 0 saturated carbocycles. The van der Waals surface area contributed by atoms with Crippen LogP contribution in [0.2, 0.25) is 0 Å². The van der Waals surface area contributed by atoms with Crippen LogP contribution in [-0.4, -0.2) is 79.4 Å². The van der Waals surface area contributed by atoms with Gasteiger partial charge in [-0.25, -0.2) is 0 Å². The van der Waals surface area contributed by atoms with Crippen molar-refractivity contribution in [3.05, 3.63) is 71.8 Å².